The summed E-state index contributed by atoms with van der Waals surface area (Å²) in [6.07, 6.45) is -0.128. The molecule has 6 nitrogen and oxygen atoms in total. The molecule has 0 saturated heterocycles. The van der Waals surface area contributed by atoms with Crippen LogP contribution < -0.4 is 0 Å². The third-order valence-electron chi connectivity index (χ3n) is 1.26. The molecule has 0 aromatic rings. The Labute approximate surface area is 68.9 Å². The first-order chi connectivity index (χ1) is 5.63. The number of nitrogens with zero attached hydrogens (tertiary/aromatic N) is 2. The Balaban J connectivity index is 4.15. The summed E-state index contributed by atoms with van der Waals surface area (Å²) < 4.78 is 4.18. The van der Waals surface area contributed by atoms with Crippen LogP contribution in [0, 0.1) is 21.4 Å². The Kier molecular flexibility index (Phi) is 4.38. The van der Waals surface area contributed by atoms with Crippen molar-refractivity contribution in [3.8, 4) is 6.07 Å². The summed E-state index contributed by atoms with van der Waals surface area (Å²) >= 11 is 0. The van der Waals surface area contributed by atoms with Crippen molar-refractivity contribution in [2.75, 3.05) is 7.11 Å². The van der Waals surface area contributed by atoms with Gasteiger partial charge in [0.05, 0.1) is 13.2 Å². The van der Waals surface area contributed by atoms with E-state index >= 15 is 0 Å². The highest BCUT2D eigenvalue weighted by Gasteiger charge is 2.29. The molecule has 66 valence electrons. The number of hydrogen-bond donors (Lipinski definition) is 0. The molecule has 12 heavy (non-hydrogen) atoms. The zero-order chi connectivity index (χ0) is 9.56. The second-order valence-electron chi connectivity index (χ2n) is 2.02. The predicted octanol–water partition coefficient (Wildman–Crippen LogP) is 0.108. The number of esters is 1. The number of ether oxygens (including phenoxy) is 1. The van der Waals surface area contributed by atoms with E-state index < -0.39 is 16.9 Å². The molecule has 1 unspecified atom stereocenters. The van der Waals surface area contributed by atoms with Gasteiger partial charge in [-0.3, -0.25) is 10.1 Å². The lowest BCUT2D eigenvalue weighted by molar-refractivity contribution is -0.511. The van der Waals surface area contributed by atoms with Crippen LogP contribution in [0.5, 0.6) is 0 Å². The van der Waals surface area contributed by atoms with Gasteiger partial charge in [0, 0.05) is 17.8 Å². The van der Waals surface area contributed by atoms with Gasteiger partial charge >= 0.3 is 12.0 Å². The third kappa shape index (κ3) is 2.96. The molecule has 6 heteroatoms. The Morgan fingerprint density at radius 1 is 1.83 bits per heavy atom. The van der Waals surface area contributed by atoms with Crippen LogP contribution in [-0.4, -0.2) is 24.0 Å². The summed E-state index contributed by atoms with van der Waals surface area (Å²) in [6, 6.07) is 0.312. The van der Waals surface area contributed by atoms with Gasteiger partial charge in [-0.2, -0.15) is 5.26 Å². The first-order valence-corrected chi connectivity index (χ1v) is 3.21. The fourth-order valence-electron chi connectivity index (χ4n) is 0.647. The number of methoxy groups -OCH3 is 1. The topological polar surface area (TPSA) is 93.2 Å². The Hall–Kier alpha value is -1.64. The number of rotatable bonds is 4. The molecule has 0 aromatic carbocycles. The summed E-state index contributed by atoms with van der Waals surface area (Å²) in [7, 11) is 1.07. The molecule has 0 aromatic heterocycles. The van der Waals surface area contributed by atoms with Crippen molar-refractivity contribution in [3.05, 3.63) is 10.1 Å². The molecule has 0 N–H and O–H groups in total. The van der Waals surface area contributed by atoms with E-state index in [0.29, 0.717) is 0 Å². The highest BCUT2D eigenvalue weighted by molar-refractivity contribution is 5.74. The zero-order valence-electron chi connectivity index (χ0n) is 6.52. The maximum Gasteiger partial charge on any atom is 0.381 e. The summed E-state index contributed by atoms with van der Waals surface area (Å²) in [5.74, 6) is -0.907. The van der Waals surface area contributed by atoms with Gasteiger partial charge in [0.15, 0.2) is 0 Å². The summed E-state index contributed by atoms with van der Waals surface area (Å²) in [6.45, 7) is 0. The molecule has 0 saturated carbocycles. The number of carbonyl (C=O) groups excluding carboxylic acids is 1. The normalized spacial score (nSPS) is 11.3. The molecule has 1 atom stereocenters. The smallest absolute Gasteiger partial charge is 0.381 e. The van der Waals surface area contributed by atoms with Crippen molar-refractivity contribution in [3.63, 3.8) is 0 Å². The minimum Gasteiger partial charge on any atom is -0.464 e. The molecule has 0 rings (SSSR count). The van der Waals surface area contributed by atoms with Crippen molar-refractivity contribution in [1.82, 2.24) is 0 Å². The second kappa shape index (κ2) is 5.07. The minimum atomic E-state index is -1.41. The van der Waals surface area contributed by atoms with Gasteiger partial charge in [-0.05, 0) is 0 Å². The van der Waals surface area contributed by atoms with Gasteiger partial charge in [0.2, 0.25) is 0 Å². The molecule has 0 aliphatic carbocycles. The fraction of sp³-hybridized carbons (Fsp3) is 0.667. The fourth-order valence-corrected chi connectivity index (χ4v) is 0.647. The predicted molar refractivity (Wildman–Crippen MR) is 37.6 cm³/mol. The Morgan fingerprint density at radius 3 is 2.75 bits per heavy atom. The van der Waals surface area contributed by atoms with Crippen LogP contribution in [0.1, 0.15) is 12.8 Å². The Morgan fingerprint density at radius 2 is 2.42 bits per heavy atom. The number of hydrogen-bond acceptors (Lipinski definition) is 5. The van der Waals surface area contributed by atoms with Crippen LogP contribution in [0.4, 0.5) is 0 Å². The van der Waals surface area contributed by atoms with Crippen molar-refractivity contribution < 1.29 is 14.5 Å². The maximum atomic E-state index is 10.7. The number of carbonyl (C=O) groups is 1. The van der Waals surface area contributed by atoms with E-state index in [1.165, 1.54) is 0 Å². The quantitative estimate of drug-likeness (QED) is 0.340. The second-order valence-corrected chi connectivity index (χ2v) is 2.02. The number of nitro groups is 1. The summed E-state index contributed by atoms with van der Waals surface area (Å²) in [5, 5.41) is 18.3. The minimum absolute atomic E-state index is 0.0270. The Bertz CT molecular complexity index is 220. The van der Waals surface area contributed by atoms with E-state index in [9.17, 15) is 14.9 Å². The molecule has 0 fully saturated rings. The van der Waals surface area contributed by atoms with Crippen LogP contribution in [-0.2, 0) is 9.53 Å². The molecule has 0 radical (unpaired) electrons. The summed E-state index contributed by atoms with van der Waals surface area (Å²) in [5.41, 5.74) is 0. The molecular weight excluding hydrogens is 164 g/mol. The average Bonchev–Trinajstić information content (AvgIpc) is 2.04. The first kappa shape index (κ1) is 10.4. The molecular formula is C6H8N2O4. The average molecular weight is 172 g/mol. The van der Waals surface area contributed by atoms with Crippen LogP contribution in [0.15, 0.2) is 0 Å². The lowest BCUT2D eigenvalue weighted by Gasteiger charge is -2.03. The highest BCUT2D eigenvalue weighted by atomic mass is 16.6. The van der Waals surface area contributed by atoms with E-state index in [1.54, 1.807) is 6.07 Å². The lowest BCUT2D eigenvalue weighted by atomic mass is 10.2. The maximum absolute atomic E-state index is 10.7. The van der Waals surface area contributed by atoms with Crippen LogP contribution in [0.25, 0.3) is 0 Å². The van der Waals surface area contributed by atoms with Crippen LogP contribution in [0.3, 0.4) is 0 Å². The highest BCUT2D eigenvalue weighted by Crippen LogP contribution is 2.02. The largest absolute Gasteiger partial charge is 0.464 e. The van der Waals surface area contributed by atoms with Crippen LogP contribution >= 0.6 is 0 Å². The van der Waals surface area contributed by atoms with E-state index in [4.69, 9.17) is 5.26 Å². The van der Waals surface area contributed by atoms with E-state index in [-0.39, 0.29) is 12.8 Å². The summed E-state index contributed by atoms with van der Waals surface area (Å²) in [4.78, 5) is 20.1. The SMILES string of the molecule is COC(=O)C(CCC#N)[N+](=O)[O-]. The molecule has 0 heterocycles. The van der Waals surface area contributed by atoms with E-state index in [1.807, 2.05) is 0 Å². The van der Waals surface area contributed by atoms with Crippen molar-refractivity contribution in [1.29, 1.82) is 5.26 Å². The van der Waals surface area contributed by atoms with E-state index in [0.717, 1.165) is 7.11 Å². The number of nitriles is 1. The van der Waals surface area contributed by atoms with Crippen molar-refractivity contribution in [2.45, 2.75) is 18.9 Å². The van der Waals surface area contributed by atoms with E-state index in [2.05, 4.69) is 4.74 Å². The van der Waals surface area contributed by atoms with Crippen molar-refractivity contribution >= 4 is 5.97 Å². The standard InChI is InChI=1S/C6H8N2O4/c1-12-6(9)5(8(10)11)3-2-4-7/h5H,2-3H2,1H3. The molecule has 0 aliphatic rings. The third-order valence-corrected chi connectivity index (χ3v) is 1.26. The van der Waals surface area contributed by atoms with Gasteiger partial charge in [-0.15, -0.1) is 0 Å². The first-order valence-electron chi connectivity index (χ1n) is 3.21. The van der Waals surface area contributed by atoms with Gasteiger partial charge < -0.3 is 4.74 Å². The van der Waals surface area contributed by atoms with Gasteiger partial charge in [0.25, 0.3) is 0 Å². The van der Waals surface area contributed by atoms with Crippen LogP contribution in [0.2, 0.25) is 0 Å². The monoisotopic (exact) mass is 172 g/mol. The molecule has 0 aliphatic heterocycles. The molecule has 0 spiro atoms. The van der Waals surface area contributed by atoms with Gasteiger partial charge in [0.1, 0.15) is 0 Å². The van der Waals surface area contributed by atoms with Crippen molar-refractivity contribution in [2.24, 2.45) is 0 Å². The molecule has 0 bridgehead atoms. The molecule has 0 amide bonds. The van der Waals surface area contributed by atoms with Gasteiger partial charge in [-0.25, -0.2) is 4.79 Å². The lowest BCUT2D eigenvalue weighted by Crippen LogP contribution is -2.30. The van der Waals surface area contributed by atoms with Gasteiger partial charge in [-0.1, -0.05) is 0 Å². The zero-order valence-corrected chi connectivity index (χ0v) is 6.52.